The molecule has 0 radical (unpaired) electrons. The van der Waals surface area contributed by atoms with Crippen LogP contribution in [-0.2, 0) is 10.0 Å². The molecule has 1 rings (SSSR count). The molecule has 0 spiro atoms. The fraction of sp³-hybridized carbons (Fsp3) is 0.600. The van der Waals surface area contributed by atoms with Gasteiger partial charge in [0.05, 0.1) is 0 Å². The first kappa shape index (κ1) is 13.6. The minimum atomic E-state index is -3.36. The molecule has 0 saturated carbocycles. The number of thiophene rings is 1. The zero-order valence-corrected chi connectivity index (χ0v) is 11.2. The minimum Gasteiger partial charge on any atom is -0.327 e. The summed E-state index contributed by atoms with van der Waals surface area (Å²) in [5, 5.41) is 0. The largest absolute Gasteiger partial charge is 0.327 e. The maximum Gasteiger partial charge on any atom is 0.250 e. The monoisotopic (exact) mass is 262 g/mol. The van der Waals surface area contributed by atoms with E-state index in [2.05, 4.69) is 4.72 Å². The van der Waals surface area contributed by atoms with E-state index in [9.17, 15) is 8.42 Å². The van der Waals surface area contributed by atoms with Gasteiger partial charge in [-0.3, -0.25) is 0 Å². The molecule has 0 fully saturated rings. The van der Waals surface area contributed by atoms with E-state index in [1.807, 2.05) is 13.8 Å². The van der Waals surface area contributed by atoms with Crippen molar-refractivity contribution in [2.75, 3.05) is 6.54 Å². The molecule has 92 valence electrons. The van der Waals surface area contributed by atoms with Gasteiger partial charge in [0.1, 0.15) is 4.21 Å². The van der Waals surface area contributed by atoms with Crippen LogP contribution in [0.25, 0.3) is 0 Å². The van der Waals surface area contributed by atoms with Gasteiger partial charge >= 0.3 is 0 Å². The van der Waals surface area contributed by atoms with Crippen molar-refractivity contribution in [1.82, 2.24) is 4.72 Å². The molecule has 0 bridgehead atoms. The topological polar surface area (TPSA) is 72.2 Å². The summed E-state index contributed by atoms with van der Waals surface area (Å²) in [4.78, 5) is 0.984. The standard InChI is InChI=1S/C10H18N2O2S2/c1-3-4-9(11)7-12-16(13,14)10-6-5-8(2)15-10/h5-6,9,12H,3-4,7,11H2,1-2H3/t9-/m0/s1. The van der Waals surface area contributed by atoms with Crippen LogP contribution < -0.4 is 10.5 Å². The molecule has 0 aliphatic carbocycles. The Kier molecular flexibility index (Phi) is 4.91. The molecule has 0 amide bonds. The second-order valence-corrected chi connectivity index (χ2v) is 7.05. The molecule has 3 N–H and O–H groups in total. The Labute approximate surface area is 101 Å². The van der Waals surface area contributed by atoms with Gasteiger partial charge in [0.25, 0.3) is 0 Å². The van der Waals surface area contributed by atoms with E-state index in [0.717, 1.165) is 17.7 Å². The lowest BCUT2D eigenvalue weighted by molar-refractivity contribution is 0.554. The second-order valence-electron chi connectivity index (χ2n) is 3.77. The first-order valence-electron chi connectivity index (χ1n) is 5.27. The molecule has 1 aromatic heterocycles. The van der Waals surface area contributed by atoms with Gasteiger partial charge in [-0.1, -0.05) is 13.3 Å². The Bertz CT molecular complexity index is 426. The predicted octanol–water partition coefficient (Wildman–Crippen LogP) is 1.46. The highest BCUT2D eigenvalue weighted by Crippen LogP contribution is 2.20. The summed E-state index contributed by atoms with van der Waals surface area (Å²) in [7, 11) is -3.36. The number of rotatable bonds is 6. The smallest absolute Gasteiger partial charge is 0.250 e. The highest BCUT2D eigenvalue weighted by Gasteiger charge is 2.16. The maximum absolute atomic E-state index is 11.8. The normalized spacial score (nSPS) is 13.9. The quantitative estimate of drug-likeness (QED) is 0.815. The van der Waals surface area contributed by atoms with E-state index >= 15 is 0 Å². The number of nitrogens with one attached hydrogen (secondary N) is 1. The van der Waals surface area contributed by atoms with E-state index < -0.39 is 10.0 Å². The van der Waals surface area contributed by atoms with Crippen LogP contribution in [0.2, 0.25) is 0 Å². The molecule has 6 heteroatoms. The first-order chi connectivity index (χ1) is 7.45. The summed E-state index contributed by atoms with van der Waals surface area (Å²) in [6, 6.07) is 3.31. The molecule has 1 aromatic rings. The van der Waals surface area contributed by atoms with Gasteiger partial charge in [-0.05, 0) is 25.5 Å². The Morgan fingerprint density at radius 1 is 1.50 bits per heavy atom. The van der Waals surface area contributed by atoms with Crippen molar-refractivity contribution in [2.24, 2.45) is 5.73 Å². The lowest BCUT2D eigenvalue weighted by Gasteiger charge is -2.10. The molecule has 1 heterocycles. The number of nitrogens with two attached hydrogens (primary N) is 1. The molecule has 0 saturated heterocycles. The summed E-state index contributed by atoms with van der Waals surface area (Å²) >= 11 is 1.27. The zero-order chi connectivity index (χ0) is 12.2. The minimum absolute atomic E-state index is 0.110. The average Bonchev–Trinajstić information content (AvgIpc) is 2.63. The third kappa shape index (κ3) is 3.86. The van der Waals surface area contributed by atoms with Crippen molar-refractivity contribution in [3.63, 3.8) is 0 Å². The SMILES string of the molecule is CCC[C@H](N)CNS(=O)(=O)c1ccc(C)s1. The lowest BCUT2D eigenvalue weighted by Crippen LogP contribution is -2.36. The fourth-order valence-electron chi connectivity index (χ4n) is 1.32. The molecule has 16 heavy (non-hydrogen) atoms. The predicted molar refractivity (Wildman–Crippen MR) is 67.1 cm³/mol. The van der Waals surface area contributed by atoms with Crippen molar-refractivity contribution in [3.05, 3.63) is 17.0 Å². The summed E-state index contributed by atoms with van der Waals surface area (Å²) in [6.45, 7) is 4.20. The number of hydrogen-bond acceptors (Lipinski definition) is 4. The molecule has 0 aliphatic heterocycles. The van der Waals surface area contributed by atoms with Crippen molar-refractivity contribution in [1.29, 1.82) is 0 Å². The average molecular weight is 262 g/mol. The van der Waals surface area contributed by atoms with Gasteiger partial charge < -0.3 is 5.73 Å². The van der Waals surface area contributed by atoms with Crippen LogP contribution >= 0.6 is 11.3 Å². The second kappa shape index (κ2) is 5.77. The van der Waals surface area contributed by atoms with Crippen molar-refractivity contribution >= 4 is 21.4 Å². The van der Waals surface area contributed by atoms with Gasteiger partial charge in [0.15, 0.2) is 0 Å². The Morgan fingerprint density at radius 3 is 2.69 bits per heavy atom. The van der Waals surface area contributed by atoms with Crippen LogP contribution in [0.4, 0.5) is 0 Å². The third-order valence-electron chi connectivity index (χ3n) is 2.18. The third-order valence-corrected chi connectivity index (χ3v) is 5.09. The zero-order valence-electron chi connectivity index (χ0n) is 9.56. The van der Waals surface area contributed by atoms with Crippen LogP contribution in [0.3, 0.4) is 0 Å². The van der Waals surface area contributed by atoms with Crippen LogP contribution in [0, 0.1) is 6.92 Å². The summed E-state index contributed by atoms with van der Waals surface area (Å²) in [5.41, 5.74) is 5.75. The number of aryl methyl sites for hydroxylation is 1. The van der Waals surface area contributed by atoms with E-state index in [1.54, 1.807) is 12.1 Å². The highest BCUT2D eigenvalue weighted by molar-refractivity contribution is 7.91. The van der Waals surface area contributed by atoms with E-state index in [1.165, 1.54) is 11.3 Å². The van der Waals surface area contributed by atoms with Gasteiger partial charge in [0, 0.05) is 17.5 Å². The summed E-state index contributed by atoms with van der Waals surface area (Å²) < 4.78 is 26.5. The van der Waals surface area contributed by atoms with Crippen LogP contribution in [-0.4, -0.2) is 21.0 Å². The van der Waals surface area contributed by atoms with E-state index in [4.69, 9.17) is 5.73 Å². The fourth-order valence-corrected chi connectivity index (χ4v) is 3.74. The van der Waals surface area contributed by atoms with Gasteiger partial charge in [-0.25, -0.2) is 13.1 Å². The molecule has 0 aromatic carbocycles. The summed E-state index contributed by atoms with van der Waals surface area (Å²) in [5.74, 6) is 0. The van der Waals surface area contributed by atoms with Crippen molar-refractivity contribution in [3.8, 4) is 0 Å². The van der Waals surface area contributed by atoms with Crippen molar-refractivity contribution in [2.45, 2.75) is 36.9 Å². The molecule has 1 atom stereocenters. The Balaban J connectivity index is 2.59. The van der Waals surface area contributed by atoms with Crippen LogP contribution in [0.1, 0.15) is 24.6 Å². The first-order valence-corrected chi connectivity index (χ1v) is 7.57. The van der Waals surface area contributed by atoms with E-state index in [0.29, 0.717) is 10.8 Å². The van der Waals surface area contributed by atoms with Gasteiger partial charge in [-0.2, -0.15) is 0 Å². The summed E-state index contributed by atoms with van der Waals surface area (Å²) in [6.07, 6.45) is 1.78. The molecule has 0 unspecified atom stereocenters. The molecular weight excluding hydrogens is 244 g/mol. The van der Waals surface area contributed by atoms with Crippen LogP contribution in [0.5, 0.6) is 0 Å². The van der Waals surface area contributed by atoms with Gasteiger partial charge in [0.2, 0.25) is 10.0 Å². The molecular formula is C10H18N2O2S2. The molecule has 4 nitrogen and oxygen atoms in total. The van der Waals surface area contributed by atoms with Crippen LogP contribution in [0.15, 0.2) is 16.3 Å². The molecule has 0 aliphatic rings. The number of hydrogen-bond donors (Lipinski definition) is 2. The maximum atomic E-state index is 11.8. The Morgan fingerprint density at radius 2 is 2.19 bits per heavy atom. The van der Waals surface area contributed by atoms with Gasteiger partial charge in [-0.15, -0.1) is 11.3 Å². The van der Waals surface area contributed by atoms with E-state index in [-0.39, 0.29) is 6.04 Å². The van der Waals surface area contributed by atoms with Crippen molar-refractivity contribution < 1.29 is 8.42 Å². The lowest BCUT2D eigenvalue weighted by atomic mass is 10.2. The number of sulfonamides is 1. The Hall–Kier alpha value is -0.430. The highest BCUT2D eigenvalue weighted by atomic mass is 32.2.